The Morgan fingerprint density at radius 1 is 0.610 bits per heavy atom. The van der Waals surface area contributed by atoms with Crippen molar-refractivity contribution in [3.63, 3.8) is 0 Å². The summed E-state index contributed by atoms with van der Waals surface area (Å²) < 4.78 is 160. The summed E-state index contributed by atoms with van der Waals surface area (Å²) in [5.41, 5.74) is -6.83. The molecule has 0 N–H and O–H groups in total. The lowest BCUT2D eigenvalue weighted by molar-refractivity contribution is 0.334. The summed E-state index contributed by atoms with van der Waals surface area (Å²) in [6, 6.07) is 1.21. The first kappa shape index (κ1) is 29.3. The van der Waals surface area contributed by atoms with E-state index in [-0.39, 0.29) is 5.75 Å². The van der Waals surface area contributed by atoms with Crippen LogP contribution in [0, 0.1) is 70.5 Å². The largest absolute Gasteiger partial charge is 0.497 e. The van der Waals surface area contributed by atoms with Gasteiger partial charge in [0.05, 0.1) is 25.3 Å². The van der Waals surface area contributed by atoms with Crippen LogP contribution >= 0.6 is 0 Å². The lowest BCUT2D eigenvalue weighted by atomic mass is 9.82. The fraction of sp³-hybridized carbons (Fsp3) is 0.103. The van der Waals surface area contributed by atoms with Gasteiger partial charge in [0.25, 0.3) is 0 Å². The normalized spacial score (nSPS) is 11.4. The van der Waals surface area contributed by atoms with Gasteiger partial charge in [-0.3, -0.25) is 0 Å². The highest BCUT2D eigenvalue weighted by Gasteiger charge is 2.36. The maximum absolute atomic E-state index is 15.5. The fourth-order valence-corrected chi connectivity index (χ4v) is 4.53. The Balaban J connectivity index is 2.47. The fourth-order valence-electron chi connectivity index (χ4n) is 4.53. The minimum absolute atomic E-state index is 0.377. The molecule has 0 aliphatic heterocycles. The van der Waals surface area contributed by atoms with Crippen LogP contribution in [0.5, 0.6) is 11.5 Å². The van der Waals surface area contributed by atoms with E-state index in [1.807, 2.05) is 5.92 Å². The van der Waals surface area contributed by atoms with Crippen LogP contribution in [0.15, 0.2) is 18.2 Å². The Morgan fingerprint density at radius 3 is 1.51 bits per heavy atom. The summed E-state index contributed by atoms with van der Waals surface area (Å²) in [6.45, 7) is 1.28. The molecule has 0 aliphatic rings. The van der Waals surface area contributed by atoms with E-state index in [4.69, 9.17) is 11.2 Å². The molecule has 0 amide bonds. The number of fused-ring (bicyclic) bond motifs is 1. The molecule has 41 heavy (non-hydrogen) atoms. The Labute approximate surface area is 225 Å². The number of allylic oxidation sites excluding steroid dienone is 1. The second-order valence-electron chi connectivity index (χ2n) is 8.32. The first-order valence-electron chi connectivity index (χ1n) is 11.3. The van der Waals surface area contributed by atoms with Gasteiger partial charge in [0.15, 0.2) is 40.7 Å². The zero-order chi connectivity index (χ0) is 30.5. The van der Waals surface area contributed by atoms with Gasteiger partial charge in [0, 0.05) is 39.6 Å². The van der Waals surface area contributed by atoms with Crippen molar-refractivity contribution < 1.29 is 53.4 Å². The third-order valence-corrected chi connectivity index (χ3v) is 6.21. The quantitative estimate of drug-likeness (QED) is 0.101. The third kappa shape index (κ3) is 4.23. The van der Waals surface area contributed by atoms with E-state index in [1.54, 1.807) is 0 Å². The molecule has 0 bridgehead atoms. The molecule has 0 fully saturated rings. The average molecular weight is 584 g/mol. The highest BCUT2D eigenvalue weighted by Crippen LogP contribution is 2.49. The first-order chi connectivity index (χ1) is 19.4. The summed E-state index contributed by atoms with van der Waals surface area (Å²) >= 11 is 0. The topological polar surface area (TPSA) is 18.5 Å². The molecule has 0 spiro atoms. The Hall–Kier alpha value is -4.66. The van der Waals surface area contributed by atoms with Crippen molar-refractivity contribution in [1.82, 2.24) is 0 Å². The summed E-state index contributed by atoms with van der Waals surface area (Å²) in [5, 5.41) is -3.00. The molecule has 4 aromatic carbocycles. The van der Waals surface area contributed by atoms with Crippen molar-refractivity contribution in [3.05, 3.63) is 87.5 Å². The van der Waals surface area contributed by atoms with Crippen molar-refractivity contribution in [2.45, 2.75) is 6.92 Å². The van der Waals surface area contributed by atoms with Crippen molar-refractivity contribution in [3.8, 4) is 46.1 Å². The summed E-state index contributed by atoms with van der Waals surface area (Å²) in [5.74, 6) is -21.2. The van der Waals surface area contributed by atoms with Gasteiger partial charge in [0.2, 0.25) is 11.6 Å². The second-order valence-corrected chi connectivity index (χ2v) is 8.32. The van der Waals surface area contributed by atoms with Gasteiger partial charge in [-0.15, -0.1) is 6.42 Å². The number of ether oxygens (including phenoxy) is 2. The predicted octanol–water partition coefficient (Wildman–Crippen LogP) is 8.60. The number of hydrogen-bond donors (Lipinski definition) is 0. The molecule has 212 valence electrons. The van der Waals surface area contributed by atoms with Crippen LogP contribution in [0.3, 0.4) is 0 Å². The van der Waals surface area contributed by atoms with Crippen LogP contribution in [-0.4, -0.2) is 14.2 Å². The average Bonchev–Trinajstić information content (AvgIpc) is 2.94. The monoisotopic (exact) mass is 584 g/mol. The van der Waals surface area contributed by atoms with Crippen molar-refractivity contribution in [2.75, 3.05) is 14.2 Å². The van der Waals surface area contributed by atoms with Gasteiger partial charge in [-0.05, 0) is 12.5 Å². The molecule has 0 saturated carbocycles. The van der Waals surface area contributed by atoms with Crippen molar-refractivity contribution >= 4 is 16.8 Å². The molecular weight excluding hydrogens is 570 g/mol. The predicted molar refractivity (Wildman–Crippen MR) is 130 cm³/mol. The first-order valence-corrected chi connectivity index (χ1v) is 11.3. The molecule has 0 atom stereocenters. The van der Waals surface area contributed by atoms with Gasteiger partial charge < -0.3 is 9.47 Å². The highest BCUT2D eigenvalue weighted by atomic mass is 19.2. The number of benzene rings is 4. The van der Waals surface area contributed by atoms with E-state index in [1.165, 1.54) is 6.92 Å². The molecule has 0 heterocycles. The second kappa shape index (κ2) is 10.7. The SMILES string of the molecule is C#Cc1c(/C=C\C)c(-c2c(F)c(F)c(OC)c(F)c2F)c2c(F)c(F)c(F)c(F)c2c1-c1c(F)cc(OC)cc1F. The lowest BCUT2D eigenvalue weighted by Crippen LogP contribution is -2.10. The van der Waals surface area contributed by atoms with E-state index < -0.39 is 108 Å². The van der Waals surface area contributed by atoms with Crippen LogP contribution in [0.2, 0.25) is 0 Å². The van der Waals surface area contributed by atoms with E-state index >= 15 is 26.3 Å². The molecule has 4 rings (SSSR count). The van der Waals surface area contributed by atoms with Crippen LogP contribution in [0.25, 0.3) is 39.1 Å². The maximum atomic E-state index is 15.5. The smallest absolute Gasteiger partial charge is 0.204 e. The van der Waals surface area contributed by atoms with Crippen LogP contribution in [0.4, 0.5) is 43.9 Å². The van der Waals surface area contributed by atoms with E-state index in [0.29, 0.717) is 19.2 Å². The zero-order valence-electron chi connectivity index (χ0n) is 21.0. The van der Waals surface area contributed by atoms with Crippen LogP contribution in [-0.2, 0) is 0 Å². The molecule has 4 aromatic rings. The Bertz CT molecular complexity index is 1790. The van der Waals surface area contributed by atoms with Gasteiger partial charge in [0.1, 0.15) is 17.4 Å². The molecule has 0 saturated heterocycles. The minimum Gasteiger partial charge on any atom is -0.497 e. The number of hydrogen-bond acceptors (Lipinski definition) is 2. The molecular formula is C29H14F10O2. The Kier molecular flexibility index (Phi) is 7.67. The Morgan fingerprint density at radius 2 is 1.10 bits per heavy atom. The molecule has 2 nitrogen and oxygen atoms in total. The summed E-state index contributed by atoms with van der Waals surface area (Å²) in [4.78, 5) is 0. The minimum atomic E-state index is -2.51. The number of methoxy groups -OCH3 is 2. The number of terminal acetylenes is 1. The maximum Gasteiger partial charge on any atom is 0.204 e. The van der Waals surface area contributed by atoms with Gasteiger partial charge in [-0.2, -0.15) is 8.78 Å². The standard InChI is InChI=1S/C29H14F10O2/c1-5-7-12-11(6-2)15(17-13(30)8-10(40-3)9-14(17)31)18-19(22(33)26(37)25(36)21(18)32)16(12)20-23(34)27(38)29(41-4)28(39)24(20)35/h2,5,7-9H,1,3-4H3/b7-5-. The number of halogens is 10. The van der Waals surface area contributed by atoms with Crippen molar-refractivity contribution in [1.29, 1.82) is 0 Å². The summed E-state index contributed by atoms with van der Waals surface area (Å²) in [6.07, 6.45) is 7.54. The summed E-state index contributed by atoms with van der Waals surface area (Å²) in [7, 11) is 1.73. The highest BCUT2D eigenvalue weighted by molar-refractivity contribution is 6.11. The molecule has 0 radical (unpaired) electrons. The molecule has 12 heteroatoms. The molecule has 0 aliphatic carbocycles. The van der Waals surface area contributed by atoms with E-state index in [2.05, 4.69) is 4.74 Å². The third-order valence-electron chi connectivity index (χ3n) is 6.21. The van der Waals surface area contributed by atoms with Crippen LogP contribution in [0.1, 0.15) is 18.1 Å². The van der Waals surface area contributed by atoms with E-state index in [0.717, 1.165) is 19.3 Å². The zero-order valence-corrected chi connectivity index (χ0v) is 21.0. The molecule has 0 unspecified atom stereocenters. The number of rotatable bonds is 5. The van der Waals surface area contributed by atoms with Gasteiger partial charge in [-0.1, -0.05) is 18.1 Å². The van der Waals surface area contributed by atoms with Crippen LogP contribution < -0.4 is 9.47 Å². The van der Waals surface area contributed by atoms with Crippen molar-refractivity contribution in [2.24, 2.45) is 0 Å². The lowest BCUT2D eigenvalue weighted by Gasteiger charge is -2.22. The van der Waals surface area contributed by atoms with Gasteiger partial charge in [-0.25, -0.2) is 35.1 Å². The van der Waals surface area contributed by atoms with E-state index in [9.17, 15) is 17.6 Å². The van der Waals surface area contributed by atoms with Gasteiger partial charge >= 0.3 is 0 Å². The molecule has 0 aromatic heterocycles.